The van der Waals surface area contributed by atoms with Crippen LogP contribution in [0.4, 0.5) is 16.6 Å². The average molecular weight is 516 g/mol. The number of fused-ring (bicyclic) bond motifs is 1. The molecule has 3 heterocycles. The van der Waals surface area contributed by atoms with Crippen LogP contribution in [0.3, 0.4) is 0 Å². The van der Waals surface area contributed by atoms with Crippen molar-refractivity contribution in [2.24, 2.45) is 4.99 Å². The lowest BCUT2D eigenvalue weighted by Crippen LogP contribution is -2.34. The zero-order valence-electron chi connectivity index (χ0n) is 20.2. The fraction of sp³-hybridized carbons (Fsp3) is 0.520. The van der Waals surface area contributed by atoms with E-state index in [-0.39, 0.29) is 6.04 Å². The molecule has 35 heavy (non-hydrogen) atoms. The maximum absolute atomic E-state index is 12.7. The molecule has 0 radical (unpaired) electrons. The van der Waals surface area contributed by atoms with Crippen LogP contribution in [0, 0.1) is 0 Å². The summed E-state index contributed by atoms with van der Waals surface area (Å²) in [6, 6.07) is 8.00. The average Bonchev–Trinajstić information content (AvgIpc) is 3.40. The van der Waals surface area contributed by atoms with Crippen LogP contribution in [0.1, 0.15) is 57.2 Å². The van der Waals surface area contributed by atoms with Crippen molar-refractivity contribution in [3.05, 3.63) is 40.5 Å². The molecule has 5 rings (SSSR count). The Balaban J connectivity index is 1.29. The number of halogens is 1. The number of benzene rings is 1. The van der Waals surface area contributed by atoms with Crippen molar-refractivity contribution in [2.75, 3.05) is 29.1 Å². The largest absolute Gasteiger partial charge is 0.442 e. The number of aliphatic imine (C=N–C) groups is 1. The van der Waals surface area contributed by atoms with Crippen molar-refractivity contribution in [3.63, 3.8) is 0 Å². The maximum Gasteiger partial charge on any atom is 0.434 e. The van der Waals surface area contributed by atoms with Crippen molar-refractivity contribution in [3.8, 4) is 0 Å². The van der Waals surface area contributed by atoms with Gasteiger partial charge in [-0.15, -0.1) is 0 Å². The number of nitrogens with one attached hydrogen (secondary N) is 1. The molecular formula is C25H30ClN5O3S. The van der Waals surface area contributed by atoms with Gasteiger partial charge in [0.25, 0.3) is 0 Å². The topological polar surface area (TPSA) is 96.8 Å². The molecule has 1 unspecified atom stereocenters. The quantitative estimate of drug-likeness (QED) is 0.628. The van der Waals surface area contributed by atoms with E-state index in [1.54, 1.807) is 0 Å². The number of aryl methyl sites for hydroxylation is 1. The highest BCUT2D eigenvalue weighted by Gasteiger charge is 2.37. The summed E-state index contributed by atoms with van der Waals surface area (Å²) < 4.78 is 18.0. The lowest BCUT2D eigenvalue weighted by molar-refractivity contribution is 0.0604. The molecule has 8 nitrogen and oxygen atoms in total. The molecular weight excluding hydrogens is 486 g/mol. The Morgan fingerprint density at radius 2 is 1.91 bits per heavy atom. The zero-order chi connectivity index (χ0) is 24.7. The fourth-order valence-electron chi connectivity index (χ4n) is 4.55. The van der Waals surface area contributed by atoms with Crippen LogP contribution >= 0.6 is 11.6 Å². The van der Waals surface area contributed by atoms with Crippen LogP contribution in [0.15, 0.2) is 34.2 Å². The van der Waals surface area contributed by atoms with Crippen molar-refractivity contribution in [1.29, 1.82) is 0 Å². The summed E-state index contributed by atoms with van der Waals surface area (Å²) >= 11 is 6.04. The monoisotopic (exact) mass is 515 g/mol. The molecule has 1 saturated carbocycles. The summed E-state index contributed by atoms with van der Waals surface area (Å²) in [5.74, 6) is 2.32. The number of amides is 1. The number of hydrogen-bond acceptors (Lipinski definition) is 7. The van der Waals surface area contributed by atoms with E-state index < -0.39 is 22.5 Å². The third-order valence-electron chi connectivity index (χ3n) is 6.39. The van der Waals surface area contributed by atoms with Crippen molar-refractivity contribution < 1.29 is 13.7 Å². The van der Waals surface area contributed by atoms with Crippen molar-refractivity contribution in [2.45, 2.75) is 68.9 Å². The Bertz CT molecular complexity index is 1190. The number of anilines is 2. The number of rotatable bonds is 4. The molecule has 0 spiro atoms. The van der Waals surface area contributed by atoms with Gasteiger partial charge in [-0.05, 0) is 57.2 Å². The Hall–Kier alpha value is -2.52. The molecule has 0 bridgehead atoms. The second-order valence-electron chi connectivity index (χ2n) is 10.2. The molecule has 10 heteroatoms. The maximum atomic E-state index is 12.7. The zero-order valence-corrected chi connectivity index (χ0v) is 21.8. The van der Waals surface area contributed by atoms with Crippen LogP contribution in [-0.2, 0) is 22.0 Å². The van der Waals surface area contributed by atoms with Gasteiger partial charge in [0.15, 0.2) is 0 Å². The highest BCUT2D eigenvalue weighted by Crippen LogP contribution is 2.35. The molecule has 1 aromatic heterocycles. The minimum absolute atomic E-state index is 0.109. The summed E-state index contributed by atoms with van der Waals surface area (Å²) in [7, 11) is -1.13. The van der Waals surface area contributed by atoms with E-state index >= 15 is 0 Å². The predicted molar refractivity (Wildman–Crippen MR) is 138 cm³/mol. The third-order valence-corrected chi connectivity index (χ3v) is 8.10. The molecule has 2 fully saturated rings. The van der Waals surface area contributed by atoms with E-state index in [4.69, 9.17) is 26.3 Å². The minimum atomic E-state index is -1.13. The first-order valence-electron chi connectivity index (χ1n) is 12.0. The number of carbonyl (C=O) groups is 1. The fourth-order valence-corrected chi connectivity index (χ4v) is 5.99. The summed E-state index contributed by atoms with van der Waals surface area (Å²) in [6.07, 6.45) is 2.74. The number of hydrogen-bond donors (Lipinski definition) is 1. The Morgan fingerprint density at radius 3 is 2.60 bits per heavy atom. The standard InChI is InChI=1S/C25H30ClN5O3S/c1-25(2,3)34-24(32)29-20-14-19(20)27-22-21-18(10-13-35(21)33)28-23(30-22)31-11-8-16(9-12-31)15-4-6-17(26)7-5-15/h4-7,16,19H,8-14H2,1-3H3,(H,27,28,30)/t19-,35?/m0/s1. The number of ether oxygens (including phenoxy) is 1. The minimum Gasteiger partial charge on any atom is -0.442 e. The van der Waals surface area contributed by atoms with Crippen LogP contribution in [0.5, 0.6) is 0 Å². The van der Waals surface area contributed by atoms with Gasteiger partial charge in [-0.2, -0.15) is 9.98 Å². The molecule has 186 valence electrons. The number of nitrogens with zero attached hydrogens (tertiary/aromatic N) is 4. The second-order valence-corrected chi connectivity index (χ2v) is 12.2. The molecule has 1 N–H and O–H groups in total. The summed E-state index contributed by atoms with van der Waals surface area (Å²) in [5.41, 5.74) is 2.30. The van der Waals surface area contributed by atoms with E-state index in [2.05, 4.69) is 27.3 Å². The lowest BCUT2D eigenvalue weighted by atomic mass is 9.89. The SMILES string of the molecule is CC(C)(C)OC(=O)N=C1C[C@@H]1Nc1nc(N2CCC(c3ccc(Cl)cc3)CC2)nc2c1S(=O)CC2. The number of aromatic nitrogens is 2. The van der Waals surface area contributed by atoms with E-state index in [1.807, 2.05) is 32.9 Å². The third kappa shape index (κ3) is 5.67. The first-order chi connectivity index (χ1) is 16.7. The van der Waals surface area contributed by atoms with Crippen LogP contribution in [0.2, 0.25) is 5.02 Å². The summed E-state index contributed by atoms with van der Waals surface area (Å²) in [4.78, 5) is 28.6. The van der Waals surface area contributed by atoms with Crippen LogP contribution in [0.25, 0.3) is 0 Å². The molecule has 1 saturated heterocycles. The van der Waals surface area contributed by atoms with Gasteiger partial charge in [0.05, 0.1) is 28.2 Å². The molecule has 2 aromatic rings. The van der Waals surface area contributed by atoms with Crippen LogP contribution < -0.4 is 10.2 Å². The number of carbonyl (C=O) groups excluding carboxylic acids is 1. The lowest BCUT2D eigenvalue weighted by Gasteiger charge is -2.32. The van der Waals surface area contributed by atoms with Gasteiger partial charge >= 0.3 is 6.09 Å². The van der Waals surface area contributed by atoms with Gasteiger partial charge in [0, 0.05) is 36.7 Å². The number of piperidine rings is 1. The second kappa shape index (κ2) is 9.50. The highest BCUT2D eigenvalue weighted by molar-refractivity contribution is 7.85. The van der Waals surface area contributed by atoms with Crippen molar-refractivity contribution in [1.82, 2.24) is 9.97 Å². The first-order valence-corrected chi connectivity index (χ1v) is 13.7. The van der Waals surface area contributed by atoms with Gasteiger partial charge in [-0.25, -0.2) is 9.78 Å². The smallest absolute Gasteiger partial charge is 0.434 e. The van der Waals surface area contributed by atoms with Gasteiger partial charge in [-0.3, -0.25) is 4.21 Å². The van der Waals surface area contributed by atoms with E-state index in [0.717, 1.165) is 42.4 Å². The van der Waals surface area contributed by atoms with E-state index in [1.165, 1.54) is 5.56 Å². The van der Waals surface area contributed by atoms with Gasteiger partial charge in [-0.1, -0.05) is 23.7 Å². The molecule has 3 aliphatic rings. The molecule has 1 aromatic carbocycles. The van der Waals surface area contributed by atoms with Gasteiger partial charge in [0.1, 0.15) is 16.3 Å². The molecule has 2 atom stereocenters. The molecule has 2 aliphatic heterocycles. The molecule has 1 aliphatic carbocycles. The highest BCUT2D eigenvalue weighted by atomic mass is 35.5. The summed E-state index contributed by atoms with van der Waals surface area (Å²) in [5, 5.41) is 4.12. The first kappa shape index (κ1) is 24.2. The normalized spacial score (nSPS) is 23.3. The Labute approximate surface area is 213 Å². The Morgan fingerprint density at radius 1 is 1.20 bits per heavy atom. The van der Waals surface area contributed by atoms with Crippen LogP contribution in [-0.4, -0.2) is 56.5 Å². The predicted octanol–water partition coefficient (Wildman–Crippen LogP) is 4.74. The van der Waals surface area contributed by atoms with E-state index in [9.17, 15) is 9.00 Å². The summed E-state index contributed by atoms with van der Waals surface area (Å²) in [6.45, 7) is 7.14. The van der Waals surface area contributed by atoms with Gasteiger partial charge in [0.2, 0.25) is 5.95 Å². The van der Waals surface area contributed by atoms with Crippen molar-refractivity contribution >= 4 is 46.0 Å². The van der Waals surface area contributed by atoms with Gasteiger partial charge < -0.3 is 15.0 Å². The Kier molecular flexibility index (Phi) is 6.57. The van der Waals surface area contributed by atoms with E-state index in [0.29, 0.717) is 41.2 Å². The molecule has 1 amide bonds.